The molecule has 2 saturated carbocycles. The number of nitrogens with one attached hydrogen (secondary N) is 2. The van der Waals surface area contributed by atoms with Crippen LogP contribution in [-0.4, -0.2) is 79.6 Å². The smallest absolute Gasteiger partial charge is 0.291 e. The number of hydrogen-bond donors (Lipinski definition) is 2. The number of rotatable bonds is 9. The van der Waals surface area contributed by atoms with Gasteiger partial charge in [0.2, 0.25) is 0 Å². The molecular weight excluding hydrogens is 747 g/mol. The van der Waals surface area contributed by atoms with E-state index in [2.05, 4.69) is 27.4 Å². The molecule has 296 valence electrons. The van der Waals surface area contributed by atoms with E-state index in [4.69, 9.17) is 37.9 Å². The van der Waals surface area contributed by atoms with Crippen molar-refractivity contribution in [1.29, 1.82) is 0 Å². The maximum atomic E-state index is 13.8. The first-order chi connectivity index (χ1) is 27.0. The summed E-state index contributed by atoms with van der Waals surface area (Å²) in [5.41, 5.74) is 7.40. The molecule has 0 spiro atoms. The molecule has 0 radical (unpaired) electrons. The van der Waals surface area contributed by atoms with E-state index in [1.54, 1.807) is 12.1 Å². The summed E-state index contributed by atoms with van der Waals surface area (Å²) in [6.07, 6.45) is 11.9. The number of nitrogens with zero attached hydrogens (tertiary/aromatic N) is 6. The first kappa shape index (κ1) is 37.8. The summed E-state index contributed by atoms with van der Waals surface area (Å²) in [5.74, 6) is 0.0702. The maximum absolute atomic E-state index is 13.8. The lowest BCUT2D eigenvalue weighted by Gasteiger charge is -2.36. The van der Waals surface area contributed by atoms with Crippen LogP contribution in [0.4, 0.5) is 11.4 Å². The minimum Gasteiger partial charge on any atom is -0.381 e. The molecular formula is C43H52Cl2N8O3. The normalized spacial score (nSPS) is 23.9. The third kappa shape index (κ3) is 6.97. The number of aromatic nitrogens is 4. The van der Waals surface area contributed by atoms with Crippen molar-refractivity contribution >= 4 is 46.4 Å². The zero-order valence-electron chi connectivity index (χ0n) is 32.7. The maximum Gasteiger partial charge on any atom is 0.291 e. The number of benzene rings is 2. The van der Waals surface area contributed by atoms with Crippen molar-refractivity contribution in [3.8, 4) is 11.1 Å². The predicted molar refractivity (Wildman–Crippen MR) is 219 cm³/mol. The Balaban J connectivity index is 0.872. The highest BCUT2D eigenvalue weighted by Crippen LogP contribution is 2.62. The summed E-state index contributed by atoms with van der Waals surface area (Å²) in [6, 6.07) is 11.4. The van der Waals surface area contributed by atoms with E-state index in [9.17, 15) is 9.59 Å². The van der Waals surface area contributed by atoms with Gasteiger partial charge in [-0.25, -0.2) is 9.97 Å². The lowest BCUT2D eigenvalue weighted by atomic mass is 9.80. The van der Waals surface area contributed by atoms with Crippen LogP contribution in [0.25, 0.3) is 11.1 Å². The molecule has 56 heavy (non-hydrogen) atoms. The highest BCUT2D eigenvalue weighted by Gasteiger charge is 2.51. The van der Waals surface area contributed by atoms with Crippen molar-refractivity contribution in [2.75, 3.05) is 43.5 Å². The monoisotopic (exact) mass is 798 g/mol. The first-order valence-electron chi connectivity index (χ1n) is 20.3. The molecule has 0 unspecified atom stereocenters. The van der Waals surface area contributed by atoms with Crippen LogP contribution in [0, 0.1) is 10.8 Å². The topological polar surface area (TPSA) is 110 Å². The standard InChI is InChI=1S/C43H52Cl2N8O3/c1-42-14-16-43(26-42,17-15-42)18-21-52-19-10-34-32(24-52)46-38(50(34)2)40(54)48-30-8-4-6-28(36(30)44)29-7-5-9-31(37(29)45)49-41(55)39-47-33-25-53(20-11-35(33)51(39)3)27-12-22-56-23-13-27/h4-9,27H,10-26H2,1-3H3,(H,48,54)(H,49,55). The summed E-state index contributed by atoms with van der Waals surface area (Å²) in [7, 11) is 3.82. The van der Waals surface area contributed by atoms with E-state index in [0.29, 0.717) is 61.1 Å². The average molecular weight is 800 g/mol. The zero-order valence-corrected chi connectivity index (χ0v) is 34.2. The number of anilines is 2. The number of imidazole rings is 2. The van der Waals surface area contributed by atoms with Gasteiger partial charge < -0.3 is 24.5 Å². The fraction of sp³-hybridized carbons (Fsp3) is 0.535. The van der Waals surface area contributed by atoms with Gasteiger partial charge in [-0.2, -0.15) is 0 Å². The lowest BCUT2D eigenvalue weighted by molar-refractivity contribution is 0.0283. The van der Waals surface area contributed by atoms with Crippen molar-refractivity contribution in [2.24, 2.45) is 24.9 Å². The summed E-state index contributed by atoms with van der Waals surface area (Å²) in [4.78, 5) is 42.1. The van der Waals surface area contributed by atoms with Gasteiger partial charge in [-0.3, -0.25) is 19.4 Å². The lowest BCUT2D eigenvalue weighted by Crippen LogP contribution is -2.42. The number of carbonyl (C=O) groups excluding carboxylic acids is 2. The van der Waals surface area contributed by atoms with E-state index in [1.807, 2.05) is 47.5 Å². The number of ether oxygens (including phenoxy) is 1. The summed E-state index contributed by atoms with van der Waals surface area (Å²) < 4.78 is 9.40. The molecule has 4 aromatic rings. The molecule has 1 saturated heterocycles. The van der Waals surface area contributed by atoms with Crippen LogP contribution in [0.2, 0.25) is 10.0 Å². The zero-order chi connectivity index (χ0) is 38.8. The van der Waals surface area contributed by atoms with Crippen LogP contribution in [-0.2, 0) is 44.8 Å². The van der Waals surface area contributed by atoms with Crippen LogP contribution in [0.1, 0.15) is 102 Å². The van der Waals surface area contributed by atoms with Gasteiger partial charge in [0, 0.05) is 94.9 Å². The molecule has 0 atom stereocenters. The predicted octanol–water partition coefficient (Wildman–Crippen LogP) is 7.89. The molecule has 3 aliphatic heterocycles. The molecule has 2 aromatic carbocycles. The van der Waals surface area contributed by atoms with Crippen LogP contribution in [0.15, 0.2) is 36.4 Å². The molecule has 2 aromatic heterocycles. The Bertz CT molecular complexity index is 2180. The molecule has 13 heteroatoms. The average Bonchev–Trinajstić information content (AvgIpc) is 3.94. The molecule has 5 aliphatic rings. The van der Waals surface area contributed by atoms with Crippen molar-refractivity contribution in [3.63, 3.8) is 0 Å². The van der Waals surface area contributed by atoms with Crippen LogP contribution in [0.3, 0.4) is 0 Å². The Labute approximate surface area is 339 Å². The Morgan fingerprint density at radius 1 is 0.804 bits per heavy atom. The quantitative estimate of drug-likeness (QED) is 0.177. The fourth-order valence-corrected chi connectivity index (χ4v) is 11.0. The molecule has 11 nitrogen and oxygen atoms in total. The number of halogens is 2. The minimum atomic E-state index is -0.332. The number of hydrogen-bond acceptors (Lipinski definition) is 7. The van der Waals surface area contributed by atoms with Gasteiger partial charge >= 0.3 is 0 Å². The van der Waals surface area contributed by atoms with Crippen LogP contribution in [0.5, 0.6) is 0 Å². The SMILES string of the molecule is Cn1c(C(=O)Nc2cccc(-c3cccc(NC(=O)c4nc5c(n4C)CCN(C4CCOCC4)C5)c3Cl)c2Cl)nc2c1CCN(CCC13CCC(C)(CC1)C3)C2. The van der Waals surface area contributed by atoms with Gasteiger partial charge in [0.25, 0.3) is 11.8 Å². The molecule has 2 N–H and O–H groups in total. The Kier molecular flexibility index (Phi) is 10.1. The van der Waals surface area contributed by atoms with Crippen molar-refractivity contribution in [2.45, 2.75) is 90.3 Å². The van der Waals surface area contributed by atoms with Gasteiger partial charge in [0.05, 0.1) is 32.8 Å². The van der Waals surface area contributed by atoms with E-state index >= 15 is 0 Å². The second-order valence-corrected chi connectivity index (χ2v) is 18.1. The largest absolute Gasteiger partial charge is 0.381 e. The van der Waals surface area contributed by atoms with Crippen LogP contribution >= 0.6 is 23.2 Å². The van der Waals surface area contributed by atoms with Crippen molar-refractivity contribution < 1.29 is 14.3 Å². The third-order valence-corrected chi connectivity index (χ3v) is 14.6. The molecule has 5 heterocycles. The third-order valence-electron chi connectivity index (χ3n) is 13.8. The molecule has 3 fully saturated rings. The van der Waals surface area contributed by atoms with Gasteiger partial charge in [-0.1, -0.05) is 54.4 Å². The molecule has 2 aliphatic carbocycles. The van der Waals surface area contributed by atoms with Crippen molar-refractivity contribution in [1.82, 2.24) is 28.9 Å². The van der Waals surface area contributed by atoms with Gasteiger partial charge in [-0.15, -0.1) is 0 Å². The highest BCUT2D eigenvalue weighted by atomic mass is 35.5. The second-order valence-electron chi connectivity index (χ2n) is 17.3. The van der Waals surface area contributed by atoms with Gasteiger partial charge in [-0.05, 0) is 80.9 Å². The number of amides is 2. The van der Waals surface area contributed by atoms with E-state index in [-0.39, 0.29) is 11.8 Å². The first-order valence-corrected chi connectivity index (χ1v) is 21.1. The molecule has 2 bridgehead atoms. The van der Waals surface area contributed by atoms with Crippen LogP contribution < -0.4 is 10.6 Å². The number of fused-ring (bicyclic) bond motifs is 4. The Hall–Kier alpha value is -3.74. The molecule has 2 amide bonds. The minimum absolute atomic E-state index is 0.316. The van der Waals surface area contributed by atoms with E-state index in [0.717, 1.165) is 94.4 Å². The van der Waals surface area contributed by atoms with Crippen molar-refractivity contribution in [3.05, 3.63) is 80.9 Å². The van der Waals surface area contributed by atoms with E-state index in [1.165, 1.54) is 38.5 Å². The Morgan fingerprint density at radius 3 is 1.91 bits per heavy atom. The summed E-state index contributed by atoms with van der Waals surface area (Å²) in [5, 5.41) is 6.71. The molecule has 9 rings (SSSR count). The van der Waals surface area contributed by atoms with Gasteiger partial charge in [0.1, 0.15) is 0 Å². The fourth-order valence-electron chi connectivity index (χ4n) is 10.5. The number of carbonyl (C=O) groups is 2. The summed E-state index contributed by atoms with van der Waals surface area (Å²) >= 11 is 14.0. The highest BCUT2D eigenvalue weighted by molar-refractivity contribution is 6.40. The van der Waals surface area contributed by atoms with E-state index < -0.39 is 0 Å². The van der Waals surface area contributed by atoms with Gasteiger partial charge in [0.15, 0.2) is 11.6 Å². The second kappa shape index (κ2) is 14.9. The Morgan fingerprint density at radius 2 is 1.36 bits per heavy atom. The summed E-state index contributed by atoms with van der Waals surface area (Å²) in [6.45, 7) is 8.56.